The van der Waals surface area contributed by atoms with E-state index >= 15 is 0 Å². The minimum absolute atomic E-state index is 1.16. The number of nitrogens with zero attached hydrogens (tertiary/aromatic N) is 2. The highest BCUT2D eigenvalue weighted by atomic mass is 15.0. The molecule has 0 aliphatic heterocycles. The maximum absolute atomic E-state index is 2.43. The average Bonchev–Trinajstić information content (AvgIpc) is 3.56. The Labute approximate surface area is 243 Å². The highest BCUT2D eigenvalue weighted by Crippen LogP contribution is 2.40. The fourth-order valence-electron chi connectivity index (χ4n) is 6.76. The van der Waals surface area contributed by atoms with Gasteiger partial charge in [-0.15, -0.1) is 0 Å². The van der Waals surface area contributed by atoms with E-state index in [0.717, 1.165) is 5.69 Å². The average molecular weight is 535 g/mol. The SMILES string of the molecule is c1ccc(-n2c3ccccc3c3cc4c5ccccc5n(-c5cccc(-c6ccc7ccccc7c6)c5)c4cc32)cc1. The lowest BCUT2D eigenvalue weighted by Crippen LogP contribution is -1.96. The molecule has 0 bridgehead atoms. The first-order chi connectivity index (χ1) is 20.8. The van der Waals surface area contributed by atoms with Gasteiger partial charge in [0.05, 0.1) is 22.1 Å². The topological polar surface area (TPSA) is 9.86 Å². The largest absolute Gasteiger partial charge is 0.309 e. The second kappa shape index (κ2) is 8.95. The molecule has 196 valence electrons. The van der Waals surface area contributed by atoms with Gasteiger partial charge in [0.15, 0.2) is 0 Å². The van der Waals surface area contributed by atoms with Crippen LogP contribution in [0.25, 0.3) is 76.9 Å². The number of rotatable bonds is 3. The molecule has 0 fully saturated rings. The number of para-hydroxylation sites is 3. The molecule has 7 aromatic carbocycles. The van der Waals surface area contributed by atoms with Crippen LogP contribution < -0.4 is 0 Å². The maximum Gasteiger partial charge on any atom is 0.0562 e. The summed E-state index contributed by atoms with van der Waals surface area (Å²) in [5.41, 5.74) is 9.63. The van der Waals surface area contributed by atoms with Crippen LogP contribution in [0.5, 0.6) is 0 Å². The number of aromatic nitrogens is 2. The molecule has 0 atom stereocenters. The van der Waals surface area contributed by atoms with Gasteiger partial charge in [-0.2, -0.15) is 0 Å². The molecule has 0 aliphatic rings. The van der Waals surface area contributed by atoms with E-state index < -0.39 is 0 Å². The summed E-state index contributed by atoms with van der Waals surface area (Å²) < 4.78 is 4.83. The minimum atomic E-state index is 1.16. The third-order valence-corrected chi connectivity index (χ3v) is 8.67. The standard InChI is InChI=1S/C40H26N2/c1-2-14-31(15-3-1)41-37-19-8-6-17-33(37)35-25-36-34-18-7-9-20-38(34)42(40(36)26-39(35)41)32-16-10-13-29(24-32)30-22-21-27-11-4-5-12-28(27)23-30/h1-26H. The molecule has 0 unspecified atom stereocenters. The summed E-state index contributed by atoms with van der Waals surface area (Å²) in [6.45, 7) is 0. The van der Waals surface area contributed by atoms with Crippen LogP contribution in [-0.4, -0.2) is 9.13 Å². The van der Waals surface area contributed by atoms with E-state index in [1.165, 1.54) is 71.2 Å². The van der Waals surface area contributed by atoms with Gasteiger partial charge in [-0.3, -0.25) is 0 Å². The normalized spacial score (nSPS) is 11.8. The quantitative estimate of drug-likeness (QED) is 0.213. The first kappa shape index (κ1) is 23.1. The van der Waals surface area contributed by atoms with Crippen molar-refractivity contribution < 1.29 is 0 Å². The van der Waals surface area contributed by atoms with E-state index in [4.69, 9.17) is 0 Å². The van der Waals surface area contributed by atoms with Crippen molar-refractivity contribution in [2.24, 2.45) is 0 Å². The summed E-state index contributed by atoms with van der Waals surface area (Å²) in [6, 6.07) is 57.3. The van der Waals surface area contributed by atoms with Crippen LogP contribution in [0.4, 0.5) is 0 Å². The lowest BCUT2D eigenvalue weighted by molar-refractivity contribution is 1.16. The zero-order valence-electron chi connectivity index (χ0n) is 22.9. The fourth-order valence-corrected chi connectivity index (χ4v) is 6.76. The predicted octanol–water partition coefficient (Wildman–Crippen LogP) is 10.7. The monoisotopic (exact) mass is 534 g/mol. The maximum atomic E-state index is 2.43. The molecular formula is C40H26N2. The molecule has 0 spiro atoms. The first-order valence-electron chi connectivity index (χ1n) is 14.4. The van der Waals surface area contributed by atoms with Gasteiger partial charge in [0.1, 0.15) is 0 Å². The summed E-state index contributed by atoms with van der Waals surface area (Å²) >= 11 is 0. The van der Waals surface area contributed by atoms with Gasteiger partial charge >= 0.3 is 0 Å². The van der Waals surface area contributed by atoms with Crippen molar-refractivity contribution >= 4 is 54.4 Å². The van der Waals surface area contributed by atoms with E-state index in [1.807, 2.05) is 0 Å². The number of benzene rings is 7. The van der Waals surface area contributed by atoms with Gasteiger partial charge in [-0.25, -0.2) is 0 Å². The lowest BCUT2D eigenvalue weighted by atomic mass is 10.0. The molecule has 0 radical (unpaired) electrons. The summed E-state index contributed by atoms with van der Waals surface area (Å²) in [5.74, 6) is 0. The van der Waals surface area contributed by atoms with E-state index in [9.17, 15) is 0 Å². The Balaban J connectivity index is 1.35. The molecular weight excluding hydrogens is 508 g/mol. The zero-order chi connectivity index (χ0) is 27.6. The van der Waals surface area contributed by atoms with Crippen LogP contribution in [-0.2, 0) is 0 Å². The Morgan fingerprint density at radius 1 is 0.286 bits per heavy atom. The number of hydrogen-bond acceptors (Lipinski definition) is 0. The summed E-state index contributed by atoms with van der Waals surface area (Å²) in [4.78, 5) is 0. The van der Waals surface area contributed by atoms with Gasteiger partial charge < -0.3 is 9.13 Å². The van der Waals surface area contributed by atoms with Crippen molar-refractivity contribution in [1.82, 2.24) is 9.13 Å². The molecule has 9 aromatic rings. The Kier molecular flexibility index (Phi) is 4.93. The van der Waals surface area contributed by atoms with E-state index in [0.29, 0.717) is 0 Å². The number of hydrogen-bond donors (Lipinski definition) is 0. The fraction of sp³-hybridized carbons (Fsp3) is 0. The summed E-state index contributed by atoms with van der Waals surface area (Å²) in [5, 5.41) is 7.60. The predicted molar refractivity (Wildman–Crippen MR) is 178 cm³/mol. The van der Waals surface area contributed by atoms with Crippen LogP contribution >= 0.6 is 0 Å². The Morgan fingerprint density at radius 2 is 0.857 bits per heavy atom. The van der Waals surface area contributed by atoms with Gasteiger partial charge in [-0.05, 0) is 76.5 Å². The zero-order valence-corrected chi connectivity index (χ0v) is 22.9. The molecule has 0 saturated heterocycles. The van der Waals surface area contributed by atoms with E-state index in [2.05, 4.69) is 167 Å². The molecule has 0 saturated carbocycles. The van der Waals surface area contributed by atoms with Crippen molar-refractivity contribution in [2.75, 3.05) is 0 Å². The van der Waals surface area contributed by atoms with Crippen LogP contribution in [0.2, 0.25) is 0 Å². The first-order valence-corrected chi connectivity index (χ1v) is 14.4. The Bertz CT molecular complexity index is 2460. The molecule has 0 aliphatic carbocycles. The Morgan fingerprint density at radius 3 is 1.60 bits per heavy atom. The molecule has 0 amide bonds. The van der Waals surface area contributed by atoms with Gasteiger partial charge in [0.25, 0.3) is 0 Å². The van der Waals surface area contributed by atoms with Gasteiger partial charge in [0.2, 0.25) is 0 Å². The van der Waals surface area contributed by atoms with Crippen molar-refractivity contribution in [3.05, 3.63) is 158 Å². The van der Waals surface area contributed by atoms with Crippen LogP contribution in [0.3, 0.4) is 0 Å². The van der Waals surface area contributed by atoms with Crippen molar-refractivity contribution in [1.29, 1.82) is 0 Å². The summed E-state index contributed by atoms with van der Waals surface area (Å²) in [7, 11) is 0. The lowest BCUT2D eigenvalue weighted by Gasteiger charge is -2.12. The molecule has 2 heteroatoms. The second-order valence-electron chi connectivity index (χ2n) is 11.0. The molecule has 2 heterocycles. The summed E-state index contributed by atoms with van der Waals surface area (Å²) in [6.07, 6.45) is 0. The second-order valence-corrected chi connectivity index (χ2v) is 11.0. The molecule has 9 rings (SSSR count). The van der Waals surface area contributed by atoms with Gasteiger partial charge in [0, 0.05) is 32.9 Å². The minimum Gasteiger partial charge on any atom is -0.309 e. The molecule has 0 N–H and O–H groups in total. The molecule has 2 aromatic heterocycles. The van der Waals surface area contributed by atoms with Crippen LogP contribution in [0, 0.1) is 0 Å². The number of fused-ring (bicyclic) bond motifs is 7. The van der Waals surface area contributed by atoms with E-state index in [-0.39, 0.29) is 0 Å². The highest BCUT2D eigenvalue weighted by molar-refractivity contribution is 6.19. The van der Waals surface area contributed by atoms with Crippen molar-refractivity contribution in [3.63, 3.8) is 0 Å². The van der Waals surface area contributed by atoms with Crippen LogP contribution in [0.1, 0.15) is 0 Å². The highest BCUT2D eigenvalue weighted by Gasteiger charge is 2.18. The third kappa shape index (κ3) is 3.39. The Hall–Kier alpha value is -5.60. The smallest absolute Gasteiger partial charge is 0.0562 e. The third-order valence-electron chi connectivity index (χ3n) is 8.67. The van der Waals surface area contributed by atoms with Crippen molar-refractivity contribution in [3.8, 4) is 22.5 Å². The van der Waals surface area contributed by atoms with E-state index in [1.54, 1.807) is 0 Å². The van der Waals surface area contributed by atoms with Crippen molar-refractivity contribution in [2.45, 2.75) is 0 Å². The molecule has 2 nitrogen and oxygen atoms in total. The van der Waals surface area contributed by atoms with Crippen LogP contribution in [0.15, 0.2) is 158 Å². The van der Waals surface area contributed by atoms with Gasteiger partial charge in [-0.1, -0.05) is 103 Å². The molecule has 42 heavy (non-hydrogen) atoms.